The molecule has 3 heterocycles. The molecule has 0 saturated carbocycles. The summed E-state index contributed by atoms with van der Waals surface area (Å²) in [4.78, 5) is 18.4. The van der Waals surface area contributed by atoms with Crippen molar-refractivity contribution in [2.24, 2.45) is 0 Å². The summed E-state index contributed by atoms with van der Waals surface area (Å²) in [5.74, 6) is 2.09. The molecule has 1 aliphatic heterocycles. The molecule has 25 heavy (non-hydrogen) atoms. The van der Waals surface area contributed by atoms with Crippen LogP contribution >= 0.6 is 0 Å². The van der Waals surface area contributed by atoms with Crippen LogP contribution in [0, 0.1) is 0 Å². The van der Waals surface area contributed by atoms with Crippen molar-refractivity contribution < 1.29 is 13.9 Å². The minimum atomic E-state index is -0.230. The Balaban J connectivity index is 1.43. The number of aromatic amines is 1. The lowest BCUT2D eigenvalue weighted by molar-refractivity contribution is 0.206. The molecular formula is C17H17N5O3. The predicted molar refractivity (Wildman–Crippen MR) is 90.2 cm³/mol. The van der Waals surface area contributed by atoms with E-state index >= 15 is 0 Å². The van der Waals surface area contributed by atoms with Crippen LogP contribution in [0.4, 0.5) is 10.7 Å². The first-order valence-electron chi connectivity index (χ1n) is 7.91. The van der Waals surface area contributed by atoms with Gasteiger partial charge in [-0.15, -0.1) is 5.10 Å². The molecule has 8 nitrogen and oxygen atoms in total. The van der Waals surface area contributed by atoms with E-state index in [1.54, 1.807) is 30.4 Å². The largest absolute Gasteiger partial charge is 0.497 e. The number of hydrogen-bond donors (Lipinski definition) is 2. The molecule has 0 radical (unpaired) electrons. The number of fused-ring (bicyclic) bond motifs is 1. The molecule has 2 N–H and O–H groups in total. The monoisotopic (exact) mass is 339 g/mol. The Hall–Kier alpha value is -3.29. The molecule has 1 aliphatic rings. The fourth-order valence-corrected chi connectivity index (χ4v) is 2.85. The Bertz CT molecular complexity index is 888. The number of ether oxygens (including phenoxy) is 1. The number of rotatable bonds is 3. The number of benzene rings is 1. The molecule has 128 valence electrons. The van der Waals surface area contributed by atoms with Gasteiger partial charge in [0.1, 0.15) is 5.75 Å². The van der Waals surface area contributed by atoms with Crippen LogP contribution in [-0.4, -0.2) is 39.8 Å². The molecule has 0 aliphatic carbocycles. The number of aromatic nitrogens is 3. The van der Waals surface area contributed by atoms with Gasteiger partial charge >= 0.3 is 6.03 Å². The van der Waals surface area contributed by atoms with Crippen LogP contribution in [-0.2, 0) is 13.0 Å². The second-order valence-corrected chi connectivity index (χ2v) is 5.72. The number of carbonyl (C=O) groups excluding carboxylic acids is 1. The van der Waals surface area contributed by atoms with E-state index in [1.165, 1.54) is 5.56 Å². The topological polar surface area (TPSA) is 96.3 Å². The third kappa shape index (κ3) is 3.06. The van der Waals surface area contributed by atoms with E-state index in [0.717, 1.165) is 17.7 Å². The summed E-state index contributed by atoms with van der Waals surface area (Å²) >= 11 is 0. The molecule has 0 saturated heterocycles. The van der Waals surface area contributed by atoms with E-state index < -0.39 is 0 Å². The first kappa shape index (κ1) is 15.3. The van der Waals surface area contributed by atoms with Gasteiger partial charge in [0.15, 0.2) is 11.6 Å². The van der Waals surface area contributed by atoms with Crippen molar-refractivity contribution in [2.75, 3.05) is 19.0 Å². The van der Waals surface area contributed by atoms with Gasteiger partial charge in [-0.1, -0.05) is 6.07 Å². The van der Waals surface area contributed by atoms with E-state index in [-0.39, 0.29) is 12.0 Å². The number of nitrogens with one attached hydrogen (secondary N) is 2. The summed E-state index contributed by atoms with van der Waals surface area (Å²) in [5.41, 5.74) is 2.33. The molecule has 0 spiro atoms. The van der Waals surface area contributed by atoms with Crippen LogP contribution in [0.15, 0.2) is 41.0 Å². The van der Waals surface area contributed by atoms with Gasteiger partial charge in [0.2, 0.25) is 0 Å². The fraction of sp³-hybridized carbons (Fsp3) is 0.235. The summed E-state index contributed by atoms with van der Waals surface area (Å²) in [6, 6.07) is 9.22. The third-order valence-corrected chi connectivity index (χ3v) is 4.17. The summed E-state index contributed by atoms with van der Waals surface area (Å²) in [5, 5.41) is 9.46. The van der Waals surface area contributed by atoms with Crippen molar-refractivity contribution in [3.63, 3.8) is 0 Å². The molecule has 3 aromatic rings. The van der Waals surface area contributed by atoms with Crippen LogP contribution in [0.5, 0.6) is 5.75 Å². The van der Waals surface area contributed by atoms with Crippen LogP contribution in [0.2, 0.25) is 0 Å². The molecule has 0 fully saturated rings. The van der Waals surface area contributed by atoms with Crippen LogP contribution < -0.4 is 10.1 Å². The zero-order valence-electron chi connectivity index (χ0n) is 13.7. The van der Waals surface area contributed by atoms with Crippen molar-refractivity contribution in [3.8, 4) is 17.3 Å². The van der Waals surface area contributed by atoms with Crippen molar-refractivity contribution in [1.29, 1.82) is 0 Å². The Labute approximate surface area is 143 Å². The van der Waals surface area contributed by atoms with E-state index in [1.807, 2.05) is 18.2 Å². The highest BCUT2D eigenvalue weighted by Crippen LogP contribution is 2.24. The van der Waals surface area contributed by atoms with Crippen LogP contribution in [0.3, 0.4) is 0 Å². The lowest BCUT2D eigenvalue weighted by Gasteiger charge is -2.28. The Kier molecular flexibility index (Phi) is 3.85. The summed E-state index contributed by atoms with van der Waals surface area (Å²) in [7, 11) is 1.65. The highest BCUT2D eigenvalue weighted by Gasteiger charge is 2.22. The smallest absolute Gasteiger partial charge is 0.324 e. The molecule has 2 amide bonds. The zero-order chi connectivity index (χ0) is 17.2. The zero-order valence-corrected chi connectivity index (χ0v) is 13.7. The minimum absolute atomic E-state index is 0.219. The first-order valence-corrected chi connectivity index (χ1v) is 7.91. The number of H-pyrrole nitrogens is 1. The van der Waals surface area contributed by atoms with Gasteiger partial charge in [-0.25, -0.2) is 4.79 Å². The van der Waals surface area contributed by atoms with E-state index in [9.17, 15) is 4.79 Å². The Morgan fingerprint density at radius 3 is 3.08 bits per heavy atom. The fourth-order valence-electron chi connectivity index (χ4n) is 2.85. The molecular weight excluding hydrogens is 322 g/mol. The summed E-state index contributed by atoms with van der Waals surface area (Å²) in [6.45, 7) is 1.17. The number of anilines is 1. The van der Waals surface area contributed by atoms with Gasteiger partial charge in [-0.05, 0) is 41.8 Å². The highest BCUT2D eigenvalue weighted by molar-refractivity contribution is 5.87. The van der Waals surface area contributed by atoms with Crippen LogP contribution in [0.1, 0.15) is 11.1 Å². The first-order chi connectivity index (χ1) is 12.2. The quantitative estimate of drug-likeness (QED) is 0.765. The second-order valence-electron chi connectivity index (χ2n) is 5.72. The SMILES string of the molecule is COc1ccc2c(c1)CCN(C(=O)Nc1n[nH]c(-c3ccco3)n1)C2. The average Bonchev–Trinajstić information content (AvgIpc) is 3.32. The van der Waals surface area contributed by atoms with E-state index in [2.05, 4.69) is 20.5 Å². The number of hydrogen-bond acceptors (Lipinski definition) is 5. The Morgan fingerprint density at radius 2 is 2.28 bits per heavy atom. The molecule has 1 aromatic carbocycles. The molecule has 4 rings (SSSR count). The van der Waals surface area contributed by atoms with Crippen LogP contribution in [0.25, 0.3) is 11.6 Å². The van der Waals surface area contributed by atoms with Crippen molar-refractivity contribution in [1.82, 2.24) is 20.1 Å². The maximum atomic E-state index is 12.5. The summed E-state index contributed by atoms with van der Waals surface area (Å²) in [6.07, 6.45) is 2.34. The van der Waals surface area contributed by atoms with Gasteiger partial charge in [0.05, 0.1) is 13.4 Å². The van der Waals surface area contributed by atoms with Gasteiger partial charge < -0.3 is 14.1 Å². The molecule has 8 heteroatoms. The number of carbonyl (C=O) groups is 1. The maximum absolute atomic E-state index is 12.5. The van der Waals surface area contributed by atoms with Crippen molar-refractivity contribution in [2.45, 2.75) is 13.0 Å². The maximum Gasteiger partial charge on any atom is 0.324 e. The van der Waals surface area contributed by atoms with Gasteiger partial charge in [0, 0.05) is 13.1 Å². The predicted octanol–water partition coefficient (Wildman–Crippen LogP) is 2.66. The van der Waals surface area contributed by atoms with E-state index in [0.29, 0.717) is 24.7 Å². The van der Waals surface area contributed by atoms with Gasteiger partial charge in [-0.2, -0.15) is 4.98 Å². The number of amides is 2. The summed E-state index contributed by atoms with van der Waals surface area (Å²) < 4.78 is 10.5. The number of methoxy groups -OCH3 is 1. The van der Waals surface area contributed by atoms with E-state index in [4.69, 9.17) is 9.15 Å². The average molecular weight is 339 g/mol. The standard InChI is InChI=1S/C17H17N5O3/c1-24-13-5-4-12-10-22(7-6-11(12)9-13)17(23)19-16-18-15(20-21-16)14-3-2-8-25-14/h2-5,8-9H,6-7,10H2,1H3,(H2,18,19,20,21,23). The number of furan rings is 1. The molecule has 0 unspecified atom stereocenters. The van der Waals surface area contributed by atoms with Gasteiger partial charge in [-0.3, -0.25) is 10.4 Å². The van der Waals surface area contributed by atoms with Crippen molar-refractivity contribution in [3.05, 3.63) is 47.7 Å². The minimum Gasteiger partial charge on any atom is -0.497 e. The van der Waals surface area contributed by atoms with Gasteiger partial charge in [0.25, 0.3) is 5.95 Å². The third-order valence-electron chi connectivity index (χ3n) is 4.17. The second kappa shape index (κ2) is 6.31. The number of nitrogens with zero attached hydrogens (tertiary/aromatic N) is 3. The Morgan fingerprint density at radius 1 is 1.36 bits per heavy atom. The highest BCUT2D eigenvalue weighted by atomic mass is 16.5. The lowest BCUT2D eigenvalue weighted by atomic mass is 10.00. The lowest BCUT2D eigenvalue weighted by Crippen LogP contribution is -2.39. The molecule has 2 aromatic heterocycles. The normalized spacial score (nSPS) is 13.4. The molecule has 0 bridgehead atoms. The molecule has 0 atom stereocenters. The van der Waals surface area contributed by atoms with Crippen molar-refractivity contribution >= 4 is 12.0 Å². The number of urea groups is 1.